The van der Waals surface area contributed by atoms with Crippen molar-refractivity contribution >= 4 is 29.9 Å². The highest BCUT2D eigenvalue weighted by atomic mass is 127. The van der Waals surface area contributed by atoms with E-state index in [0.29, 0.717) is 18.0 Å². The number of aliphatic hydroxyl groups excluding tert-OH is 1. The van der Waals surface area contributed by atoms with Gasteiger partial charge in [0, 0.05) is 25.7 Å². The fraction of sp³-hybridized carbons (Fsp3) is 0.667. The fourth-order valence-corrected chi connectivity index (χ4v) is 3.61. The molecule has 2 N–H and O–H groups in total. The van der Waals surface area contributed by atoms with Crippen molar-refractivity contribution in [1.29, 1.82) is 0 Å². The van der Waals surface area contributed by atoms with Gasteiger partial charge < -0.3 is 24.8 Å². The summed E-state index contributed by atoms with van der Waals surface area (Å²) in [5.41, 5.74) is 0.741. The minimum absolute atomic E-state index is 0. The van der Waals surface area contributed by atoms with Gasteiger partial charge in [0.05, 0.1) is 26.9 Å². The Morgan fingerprint density at radius 2 is 1.89 bits per heavy atom. The Bertz CT molecular complexity index is 603. The number of aliphatic imine (C=N–C) groups is 1. The van der Waals surface area contributed by atoms with E-state index in [4.69, 9.17) is 14.5 Å². The van der Waals surface area contributed by atoms with E-state index in [2.05, 4.69) is 31.0 Å². The van der Waals surface area contributed by atoms with Crippen molar-refractivity contribution in [3.8, 4) is 11.5 Å². The van der Waals surface area contributed by atoms with Gasteiger partial charge in [0.25, 0.3) is 0 Å². The van der Waals surface area contributed by atoms with Crippen molar-refractivity contribution in [2.24, 2.45) is 16.8 Å². The van der Waals surface area contributed by atoms with Crippen LogP contribution in [0.4, 0.5) is 0 Å². The third-order valence-corrected chi connectivity index (χ3v) is 4.90. The molecule has 28 heavy (non-hydrogen) atoms. The molecule has 0 spiro atoms. The van der Waals surface area contributed by atoms with Gasteiger partial charge in [-0.15, -0.1) is 24.0 Å². The second kappa shape index (κ2) is 12.4. The molecule has 1 aliphatic rings. The van der Waals surface area contributed by atoms with Crippen molar-refractivity contribution in [2.45, 2.75) is 39.7 Å². The number of nitrogens with one attached hydrogen (secondary N) is 1. The van der Waals surface area contributed by atoms with Crippen molar-refractivity contribution in [1.82, 2.24) is 10.2 Å². The molecule has 1 fully saturated rings. The molecule has 6 nitrogen and oxygen atoms in total. The molecule has 1 aliphatic heterocycles. The zero-order valence-electron chi connectivity index (χ0n) is 17.8. The van der Waals surface area contributed by atoms with Gasteiger partial charge in [-0.3, -0.25) is 4.99 Å². The first-order valence-corrected chi connectivity index (χ1v) is 9.91. The molecule has 0 aromatic heterocycles. The van der Waals surface area contributed by atoms with E-state index >= 15 is 0 Å². The third-order valence-electron chi connectivity index (χ3n) is 4.90. The first-order valence-electron chi connectivity index (χ1n) is 9.91. The highest BCUT2D eigenvalue weighted by molar-refractivity contribution is 14.0. The smallest absolute Gasteiger partial charge is 0.194 e. The van der Waals surface area contributed by atoms with Crippen molar-refractivity contribution in [3.63, 3.8) is 0 Å². The number of nitrogens with zero attached hydrogens (tertiary/aromatic N) is 2. The van der Waals surface area contributed by atoms with Crippen LogP contribution in [-0.4, -0.2) is 56.4 Å². The number of ether oxygens (including phenoxy) is 2. The number of halogens is 1. The zero-order valence-corrected chi connectivity index (χ0v) is 20.1. The average Bonchev–Trinajstić information content (AvgIpc) is 3.11. The first-order chi connectivity index (χ1) is 13.0. The van der Waals surface area contributed by atoms with Crippen LogP contribution in [0.1, 0.15) is 45.3 Å². The Morgan fingerprint density at radius 3 is 2.43 bits per heavy atom. The number of hydrogen-bond donors (Lipinski definition) is 2. The van der Waals surface area contributed by atoms with Gasteiger partial charge in [-0.25, -0.2) is 0 Å². The molecule has 1 aromatic carbocycles. The highest BCUT2D eigenvalue weighted by Gasteiger charge is 2.25. The van der Waals surface area contributed by atoms with Gasteiger partial charge in [0.2, 0.25) is 0 Å². The van der Waals surface area contributed by atoms with Crippen LogP contribution in [0.2, 0.25) is 0 Å². The molecule has 0 radical (unpaired) electrons. The van der Waals surface area contributed by atoms with E-state index in [9.17, 15) is 5.11 Å². The SMILES string of the molecule is CCNC(=NCC(O)c1cc(OC)cc(OC)c1)N1CCC(CC(C)C)C1.I. The number of methoxy groups -OCH3 is 2. The maximum absolute atomic E-state index is 10.6. The van der Waals surface area contributed by atoms with Gasteiger partial charge in [0.15, 0.2) is 5.96 Å². The fourth-order valence-electron chi connectivity index (χ4n) is 3.61. The summed E-state index contributed by atoms with van der Waals surface area (Å²) in [6, 6.07) is 5.44. The van der Waals surface area contributed by atoms with E-state index < -0.39 is 6.10 Å². The summed E-state index contributed by atoms with van der Waals surface area (Å²) in [5, 5.41) is 14.0. The summed E-state index contributed by atoms with van der Waals surface area (Å²) >= 11 is 0. The van der Waals surface area contributed by atoms with Gasteiger partial charge in [0.1, 0.15) is 11.5 Å². The standard InChI is InChI=1S/C21H35N3O3.HI/c1-6-22-21(24-8-7-16(14-24)9-15(2)3)23-13-20(25)17-10-18(26-4)12-19(11-17)27-5;/h10-12,15-16,20,25H,6-9,13-14H2,1-5H3,(H,22,23);1H. The lowest BCUT2D eigenvalue weighted by Crippen LogP contribution is -2.40. The number of rotatable bonds is 8. The van der Waals surface area contributed by atoms with Crippen LogP contribution in [0.15, 0.2) is 23.2 Å². The number of benzene rings is 1. The predicted molar refractivity (Wildman–Crippen MR) is 125 cm³/mol. The molecule has 2 unspecified atom stereocenters. The summed E-state index contributed by atoms with van der Waals surface area (Å²) in [7, 11) is 3.21. The lowest BCUT2D eigenvalue weighted by molar-refractivity contribution is 0.185. The van der Waals surface area contributed by atoms with E-state index in [1.54, 1.807) is 20.3 Å². The van der Waals surface area contributed by atoms with Gasteiger partial charge >= 0.3 is 0 Å². The molecular formula is C21H36IN3O3. The molecule has 0 aliphatic carbocycles. The molecule has 0 amide bonds. The summed E-state index contributed by atoms with van der Waals surface area (Å²) in [6.45, 7) is 9.79. The third kappa shape index (κ3) is 7.31. The van der Waals surface area contributed by atoms with E-state index in [1.807, 2.05) is 12.1 Å². The number of hydrogen-bond acceptors (Lipinski definition) is 4. The largest absolute Gasteiger partial charge is 0.497 e. The number of aliphatic hydroxyl groups is 1. The maximum atomic E-state index is 10.6. The molecule has 1 heterocycles. The average molecular weight is 505 g/mol. The molecule has 0 saturated carbocycles. The monoisotopic (exact) mass is 505 g/mol. The highest BCUT2D eigenvalue weighted by Crippen LogP contribution is 2.27. The Kier molecular flexibility index (Phi) is 11.0. The number of likely N-dealkylation sites (tertiary alicyclic amines) is 1. The summed E-state index contributed by atoms with van der Waals surface area (Å²) in [5.74, 6) is 3.66. The minimum atomic E-state index is -0.711. The Balaban J connectivity index is 0.00000392. The van der Waals surface area contributed by atoms with Crippen molar-refractivity contribution in [2.75, 3.05) is 40.4 Å². The second-order valence-corrected chi connectivity index (χ2v) is 7.59. The van der Waals surface area contributed by atoms with Crippen LogP contribution in [0.25, 0.3) is 0 Å². The predicted octanol–water partition coefficient (Wildman–Crippen LogP) is 3.69. The Hall–Kier alpha value is -1.22. The van der Waals surface area contributed by atoms with E-state index in [-0.39, 0.29) is 24.0 Å². The summed E-state index contributed by atoms with van der Waals surface area (Å²) in [6.07, 6.45) is 1.75. The molecule has 1 saturated heterocycles. The molecule has 0 bridgehead atoms. The molecular weight excluding hydrogens is 469 g/mol. The summed E-state index contributed by atoms with van der Waals surface area (Å²) in [4.78, 5) is 7.01. The second-order valence-electron chi connectivity index (χ2n) is 7.59. The van der Waals surface area contributed by atoms with Gasteiger partial charge in [-0.05, 0) is 49.3 Å². The Morgan fingerprint density at radius 1 is 1.25 bits per heavy atom. The van der Waals surface area contributed by atoms with Crippen molar-refractivity contribution < 1.29 is 14.6 Å². The topological polar surface area (TPSA) is 66.3 Å². The normalized spacial score (nSPS) is 18.0. The van der Waals surface area contributed by atoms with Crippen LogP contribution in [0.5, 0.6) is 11.5 Å². The lowest BCUT2D eigenvalue weighted by atomic mass is 9.97. The van der Waals surface area contributed by atoms with Crippen LogP contribution in [0.3, 0.4) is 0 Å². The van der Waals surface area contributed by atoms with Crippen LogP contribution in [-0.2, 0) is 0 Å². The zero-order chi connectivity index (χ0) is 19.8. The van der Waals surface area contributed by atoms with Gasteiger partial charge in [-0.1, -0.05) is 13.8 Å². The molecule has 2 rings (SSSR count). The van der Waals surface area contributed by atoms with Crippen LogP contribution < -0.4 is 14.8 Å². The molecule has 2 atom stereocenters. The van der Waals surface area contributed by atoms with Crippen LogP contribution >= 0.6 is 24.0 Å². The molecule has 160 valence electrons. The lowest BCUT2D eigenvalue weighted by Gasteiger charge is -2.22. The quantitative estimate of drug-likeness (QED) is 0.321. The van der Waals surface area contributed by atoms with Crippen molar-refractivity contribution in [3.05, 3.63) is 23.8 Å². The maximum Gasteiger partial charge on any atom is 0.194 e. The molecule has 7 heteroatoms. The summed E-state index contributed by atoms with van der Waals surface area (Å²) < 4.78 is 10.6. The molecule has 1 aromatic rings. The van der Waals surface area contributed by atoms with E-state index in [0.717, 1.165) is 43.0 Å². The van der Waals surface area contributed by atoms with E-state index in [1.165, 1.54) is 12.8 Å². The van der Waals surface area contributed by atoms with Crippen LogP contribution in [0, 0.1) is 11.8 Å². The van der Waals surface area contributed by atoms with Gasteiger partial charge in [-0.2, -0.15) is 0 Å². The first kappa shape index (κ1) is 24.8. The Labute approximate surface area is 186 Å². The minimum Gasteiger partial charge on any atom is -0.497 e. The number of guanidine groups is 1.